The van der Waals surface area contributed by atoms with Gasteiger partial charge in [-0.05, 0) is 30.3 Å². The molecular weight excluding hydrogens is 216 g/mol. The van der Waals surface area contributed by atoms with Crippen LogP contribution in [0.15, 0.2) is 36.9 Å². The predicted octanol–water partition coefficient (Wildman–Crippen LogP) is 1.24. The highest BCUT2D eigenvalue weighted by Crippen LogP contribution is 2.12. The second-order valence-corrected chi connectivity index (χ2v) is 3.79. The summed E-state index contributed by atoms with van der Waals surface area (Å²) in [6, 6.07) is 7.22. The number of carbonyl (C=O) groups is 2. The fourth-order valence-corrected chi connectivity index (χ4v) is 1.29. The quantitative estimate of drug-likeness (QED) is 0.613. The lowest BCUT2D eigenvalue weighted by atomic mass is 10.1. The van der Waals surface area contributed by atoms with Gasteiger partial charge in [-0.15, -0.1) is 0 Å². The average molecular weight is 232 g/mol. The summed E-state index contributed by atoms with van der Waals surface area (Å²) in [5, 5.41) is 2.45. The number of Topliss-reactive ketones (excluding diaryl/α,β-unsaturated/α-hetero) is 1. The van der Waals surface area contributed by atoms with Crippen molar-refractivity contribution in [1.82, 2.24) is 5.32 Å². The third kappa shape index (κ3) is 3.75. The van der Waals surface area contributed by atoms with Gasteiger partial charge >= 0.3 is 0 Å². The first-order valence-corrected chi connectivity index (χ1v) is 5.25. The molecule has 1 aromatic carbocycles. The van der Waals surface area contributed by atoms with E-state index in [-0.39, 0.29) is 18.2 Å². The van der Waals surface area contributed by atoms with E-state index < -0.39 is 0 Å². The minimum Gasteiger partial charge on any atom is -0.378 e. The van der Waals surface area contributed by atoms with Gasteiger partial charge in [-0.1, -0.05) is 6.58 Å². The van der Waals surface area contributed by atoms with E-state index in [0.29, 0.717) is 5.56 Å². The largest absolute Gasteiger partial charge is 0.378 e. The fourth-order valence-electron chi connectivity index (χ4n) is 1.29. The predicted molar refractivity (Wildman–Crippen MR) is 68.3 cm³/mol. The number of nitrogens with one attached hydrogen (secondary N) is 1. The Morgan fingerprint density at radius 2 is 1.88 bits per heavy atom. The van der Waals surface area contributed by atoms with Crippen molar-refractivity contribution in [2.45, 2.75) is 0 Å². The fraction of sp³-hybridized carbons (Fsp3) is 0.231. The Morgan fingerprint density at radius 3 is 2.35 bits per heavy atom. The van der Waals surface area contributed by atoms with E-state index in [2.05, 4.69) is 11.9 Å². The number of nitrogens with zero attached hydrogens (tertiary/aromatic N) is 1. The molecule has 1 N–H and O–H groups in total. The lowest BCUT2D eigenvalue weighted by molar-refractivity contribution is -0.116. The van der Waals surface area contributed by atoms with Gasteiger partial charge in [0.2, 0.25) is 5.91 Å². The van der Waals surface area contributed by atoms with Gasteiger partial charge in [0, 0.05) is 25.3 Å². The number of carbonyl (C=O) groups excluding carboxylic acids is 2. The van der Waals surface area contributed by atoms with Gasteiger partial charge in [-0.2, -0.15) is 0 Å². The molecule has 0 aliphatic carbocycles. The monoisotopic (exact) mass is 232 g/mol. The van der Waals surface area contributed by atoms with Crippen LogP contribution in [0.1, 0.15) is 10.4 Å². The van der Waals surface area contributed by atoms with Crippen molar-refractivity contribution >= 4 is 17.4 Å². The second-order valence-electron chi connectivity index (χ2n) is 3.79. The average Bonchev–Trinajstić information content (AvgIpc) is 2.35. The summed E-state index contributed by atoms with van der Waals surface area (Å²) < 4.78 is 0. The molecule has 0 saturated heterocycles. The van der Waals surface area contributed by atoms with E-state index in [9.17, 15) is 9.59 Å². The maximum atomic E-state index is 11.7. The van der Waals surface area contributed by atoms with Crippen molar-refractivity contribution < 1.29 is 9.59 Å². The molecule has 0 saturated carbocycles. The van der Waals surface area contributed by atoms with Crippen LogP contribution in [0.2, 0.25) is 0 Å². The molecule has 1 aromatic rings. The summed E-state index contributed by atoms with van der Waals surface area (Å²) in [6.07, 6.45) is 1.14. The van der Waals surface area contributed by atoms with Crippen LogP contribution in [-0.2, 0) is 4.79 Å². The number of ketones is 1. The molecule has 0 heterocycles. The zero-order valence-corrected chi connectivity index (χ0v) is 10.1. The van der Waals surface area contributed by atoms with Crippen molar-refractivity contribution in [1.29, 1.82) is 0 Å². The molecule has 0 aliphatic rings. The van der Waals surface area contributed by atoms with E-state index in [4.69, 9.17) is 0 Å². The molecule has 0 atom stereocenters. The van der Waals surface area contributed by atoms with Crippen LogP contribution in [0.5, 0.6) is 0 Å². The van der Waals surface area contributed by atoms with Gasteiger partial charge in [-0.25, -0.2) is 0 Å². The summed E-state index contributed by atoms with van der Waals surface area (Å²) in [5.41, 5.74) is 1.61. The maximum Gasteiger partial charge on any atom is 0.243 e. The molecule has 0 unspecified atom stereocenters. The van der Waals surface area contributed by atoms with E-state index in [1.54, 1.807) is 12.1 Å². The SMILES string of the molecule is C=CC(=O)NCC(=O)c1ccc(N(C)C)cc1. The zero-order valence-electron chi connectivity index (χ0n) is 10.1. The van der Waals surface area contributed by atoms with Gasteiger partial charge < -0.3 is 10.2 Å². The van der Waals surface area contributed by atoms with Crippen LogP contribution < -0.4 is 10.2 Å². The van der Waals surface area contributed by atoms with Crippen molar-refractivity contribution in [3.8, 4) is 0 Å². The molecule has 1 rings (SSSR count). The Kier molecular flexibility index (Phi) is 4.46. The molecule has 0 aromatic heterocycles. The molecule has 17 heavy (non-hydrogen) atoms. The van der Waals surface area contributed by atoms with Crippen LogP contribution in [0.3, 0.4) is 0 Å². The number of hydrogen-bond acceptors (Lipinski definition) is 3. The van der Waals surface area contributed by atoms with Crippen LogP contribution in [0.25, 0.3) is 0 Å². The van der Waals surface area contributed by atoms with Gasteiger partial charge in [0.05, 0.1) is 6.54 Å². The summed E-state index contributed by atoms with van der Waals surface area (Å²) in [4.78, 5) is 24.5. The Morgan fingerprint density at radius 1 is 1.29 bits per heavy atom. The normalized spacial score (nSPS) is 9.53. The van der Waals surface area contributed by atoms with Crippen molar-refractivity contribution in [3.63, 3.8) is 0 Å². The van der Waals surface area contributed by atoms with Crippen LogP contribution >= 0.6 is 0 Å². The van der Waals surface area contributed by atoms with Gasteiger partial charge in [-0.3, -0.25) is 9.59 Å². The van der Waals surface area contributed by atoms with Crippen molar-refractivity contribution in [2.24, 2.45) is 0 Å². The smallest absolute Gasteiger partial charge is 0.243 e. The molecule has 0 spiro atoms. The topological polar surface area (TPSA) is 49.4 Å². The highest BCUT2D eigenvalue weighted by molar-refractivity contribution is 6.00. The molecule has 90 valence electrons. The Labute approximate surface area is 101 Å². The van der Waals surface area contributed by atoms with E-state index in [1.165, 1.54) is 0 Å². The lowest BCUT2D eigenvalue weighted by Crippen LogP contribution is -2.27. The van der Waals surface area contributed by atoms with Crippen LogP contribution in [0.4, 0.5) is 5.69 Å². The Hall–Kier alpha value is -2.10. The van der Waals surface area contributed by atoms with Crippen molar-refractivity contribution in [3.05, 3.63) is 42.5 Å². The van der Waals surface area contributed by atoms with Gasteiger partial charge in [0.1, 0.15) is 0 Å². The number of benzene rings is 1. The first kappa shape index (κ1) is 13.0. The van der Waals surface area contributed by atoms with E-state index >= 15 is 0 Å². The summed E-state index contributed by atoms with van der Waals surface area (Å²) in [5.74, 6) is -0.464. The third-order valence-electron chi connectivity index (χ3n) is 2.31. The summed E-state index contributed by atoms with van der Waals surface area (Å²) in [7, 11) is 3.86. The lowest BCUT2D eigenvalue weighted by Gasteiger charge is -2.12. The summed E-state index contributed by atoms with van der Waals surface area (Å²) in [6.45, 7) is 3.31. The molecular formula is C13H16N2O2. The molecule has 1 amide bonds. The number of anilines is 1. The molecule has 0 radical (unpaired) electrons. The third-order valence-corrected chi connectivity index (χ3v) is 2.31. The first-order valence-electron chi connectivity index (χ1n) is 5.25. The Balaban J connectivity index is 2.63. The maximum absolute atomic E-state index is 11.7. The first-order chi connectivity index (χ1) is 8.04. The molecule has 0 bridgehead atoms. The molecule has 4 heteroatoms. The van der Waals surface area contributed by atoms with E-state index in [1.807, 2.05) is 31.1 Å². The van der Waals surface area contributed by atoms with Gasteiger partial charge in [0.25, 0.3) is 0 Å². The van der Waals surface area contributed by atoms with Crippen molar-refractivity contribution in [2.75, 3.05) is 25.5 Å². The van der Waals surface area contributed by atoms with Gasteiger partial charge in [0.15, 0.2) is 5.78 Å². The number of rotatable bonds is 5. The molecule has 0 fully saturated rings. The molecule has 4 nitrogen and oxygen atoms in total. The van der Waals surface area contributed by atoms with Crippen LogP contribution in [-0.4, -0.2) is 32.3 Å². The standard InChI is InChI=1S/C13H16N2O2/c1-4-13(17)14-9-12(16)10-5-7-11(8-6-10)15(2)3/h4-8H,1,9H2,2-3H3,(H,14,17). The zero-order chi connectivity index (χ0) is 12.8. The highest BCUT2D eigenvalue weighted by atomic mass is 16.2. The number of amides is 1. The second kappa shape index (κ2) is 5.84. The summed E-state index contributed by atoms with van der Waals surface area (Å²) >= 11 is 0. The van der Waals surface area contributed by atoms with Crippen LogP contribution in [0, 0.1) is 0 Å². The molecule has 0 aliphatic heterocycles. The number of hydrogen-bond donors (Lipinski definition) is 1. The highest BCUT2D eigenvalue weighted by Gasteiger charge is 2.06. The Bertz CT molecular complexity index is 422. The minimum absolute atomic E-state index is 0.00777. The van der Waals surface area contributed by atoms with E-state index in [0.717, 1.165) is 11.8 Å². The minimum atomic E-state index is -0.344.